The number of ether oxygens (including phenoxy) is 2. The molecule has 0 saturated carbocycles. The fourth-order valence-electron chi connectivity index (χ4n) is 1.92. The molecule has 0 radical (unpaired) electrons. The van der Waals surface area contributed by atoms with Gasteiger partial charge in [-0.25, -0.2) is 4.39 Å². The van der Waals surface area contributed by atoms with Crippen molar-refractivity contribution in [2.45, 2.75) is 13.5 Å². The highest BCUT2D eigenvalue weighted by molar-refractivity contribution is 5.99. The zero-order valence-corrected chi connectivity index (χ0v) is 11.4. The van der Waals surface area contributed by atoms with Crippen LogP contribution in [0.4, 0.5) is 4.39 Å². The van der Waals surface area contributed by atoms with Crippen LogP contribution < -0.4 is 9.47 Å². The second-order valence-electron chi connectivity index (χ2n) is 4.27. The van der Waals surface area contributed by atoms with Crippen molar-refractivity contribution in [3.05, 3.63) is 59.4 Å². The number of hydrogen-bond acceptors (Lipinski definition) is 3. The van der Waals surface area contributed by atoms with E-state index in [0.29, 0.717) is 22.6 Å². The molecule has 0 saturated heterocycles. The number of benzene rings is 2. The molecule has 0 aliphatic rings. The van der Waals surface area contributed by atoms with Gasteiger partial charge in [0.25, 0.3) is 0 Å². The Hall–Kier alpha value is -2.36. The second kappa shape index (κ2) is 6.19. The highest BCUT2D eigenvalue weighted by atomic mass is 19.1. The summed E-state index contributed by atoms with van der Waals surface area (Å²) in [6.45, 7) is 1.49. The number of hydrogen-bond donors (Lipinski definition) is 0. The lowest BCUT2D eigenvalue weighted by molar-refractivity contribution is 0.101. The highest BCUT2D eigenvalue weighted by Gasteiger charge is 2.15. The van der Waals surface area contributed by atoms with Gasteiger partial charge in [-0.3, -0.25) is 4.79 Å². The Bertz CT molecular complexity index is 623. The Kier molecular flexibility index (Phi) is 4.35. The quantitative estimate of drug-likeness (QED) is 0.781. The third-order valence-corrected chi connectivity index (χ3v) is 2.90. The molecule has 0 bridgehead atoms. The molecule has 104 valence electrons. The lowest BCUT2D eigenvalue weighted by Crippen LogP contribution is -2.04. The van der Waals surface area contributed by atoms with Gasteiger partial charge in [0.15, 0.2) is 5.78 Å². The summed E-state index contributed by atoms with van der Waals surface area (Å²) in [6.07, 6.45) is 0. The maximum atomic E-state index is 13.5. The van der Waals surface area contributed by atoms with Crippen molar-refractivity contribution in [1.29, 1.82) is 0 Å². The van der Waals surface area contributed by atoms with Crippen LogP contribution in [-0.2, 0) is 6.61 Å². The third kappa shape index (κ3) is 2.96. The summed E-state index contributed by atoms with van der Waals surface area (Å²) in [6, 6.07) is 11.4. The molecule has 0 heterocycles. The number of carbonyl (C=O) groups excluding carboxylic acids is 1. The third-order valence-electron chi connectivity index (χ3n) is 2.90. The molecule has 3 nitrogen and oxygen atoms in total. The van der Waals surface area contributed by atoms with E-state index in [1.807, 2.05) is 0 Å². The first-order valence-electron chi connectivity index (χ1n) is 6.17. The number of carbonyl (C=O) groups is 1. The van der Waals surface area contributed by atoms with Crippen LogP contribution in [0, 0.1) is 5.82 Å². The first kappa shape index (κ1) is 14.1. The van der Waals surface area contributed by atoms with Gasteiger partial charge in [0, 0.05) is 5.56 Å². The monoisotopic (exact) mass is 274 g/mol. The van der Waals surface area contributed by atoms with Crippen LogP contribution in [0.2, 0.25) is 0 Å². The first-order chi connectivity index (χ1) is 9.63. The number of halogens is 1. The minimum Gasteiger partial charge on any atom is -0.496 e. The molecule has 0 atom stereocenters. The number of methoxy groups -OCH3 is 1. The van der Waals surface area contributed by atoms with Gasteiger partial charge < -0.3 is 9.47 Å². The zero-order chi connectivity index (χ0) is 14.5. The Labute approximate surface area is 117 Å². The molecule has 2 aromatic rings. The molecule has 0 unspecified atom stereocenters. The lowest BCUT2D eigenvalue weighted by atomic mass is 10.1. The van der Waals surface area contributed by atoms with Crippen molar-refractivity contribution in [3.63, 3.8) is 0 Å². The second-order valence-corrected chi connectivity index (χ2v) is 4.27. The van der Waals surface area contributed by atoms with E-state index in [2.05, 4.69) is 0 Å². The molecule has 0 fully saturated rings. The summed E-state index contributed by atoms with van der Waals surface area (Å²) < 4.78 is 24.2. The van der Waals surface area contributed by atoms with Gasteiger partial charge in [-0.05, 0) is 25.1 Å². The van der Waals surface area contributed by atoms with Gasteiger partial charge in [0.2, 0.25) is 0 Å². The molecule has 2 aromatic carbocycles. The fourth-order valence-corrected chi connectivity index (χ4v) is 1.92. The minimum atomic E-state index is -0.334. The molecule has 20 heavy (non-hydrogen) atoms. The summed E-state index contributed by atoms with van der Waals surface area (Å²) in [5.41, 5.74) is 0.802. The predicted molar refractivity (Wildman–Crippen MR) is 73.7 cm³/mol. The van der Waals surface area contributed by atoms with Crippen molar-refractivity contribution >= 4 is 5.78 Å². The van der Waals surface area contributed by atoms with Crippen LogP contribution in [0.3, 0.4) is 0 Å². The zero-order valence-electron chi connectivity index (χ0n) is 11.4. The SMILES string of the molecule is COc1cccc(OCc2ccccc2F)c1C(C)=O. The van der Waals surface area contributed by atoms with Crippen molar-refractivity contribution < 1.29 is 18.7 Å². The lowest BCUT2D eigenvalue weighted by Gasteiger charge is -2.13. The molecule has 0 aromatic heterocycles. The standard InChI is InChI=1S/C16H15FO3/c1-11(18)16-14(19-2)8-5-9-15(16)20-10-12-6-3-4-7-13(12)17/h3-9H,10H2,1-2H3. The summed E-state index contributed by atoms with van der Waals surface area (Å²) in [7, 11) is 1.49. The van der Waals surface area contributed by atoms with Crippen LogP contribution in [0.15, 0.2) is 42.5 Å². The Morgan fingerprint density at radius 2 is 1.80 bits per heavy atom. The summed E-state index contributed by atoms with van der Waals surface area (Å²) in [4.78, 5) is 11.7. The molecular weight excluding hydrogens is 259 g/mol. The fraction of sp³-hybridized carbons (Fsp3) is 0.188. The smallest absolute Gasteiger partial charge is 0.167 e. The van der Waals surface area contributed by atoms with E-state index in [0.717, 1.165) is 0 Å². The van der Waals surface area contributed by atoms with E-state index in [-0.39, 0.29) is 18.2 Å². The first-order valence-corrected chi connectivity index (χ1v) is 6.17. The van der Waals surface area contributed by atoms with Crippen molar-refractivity contribution in [2.75, 3.05) is 7.11 Å². The highest BCUT2D eigenvalue weighted by Crippen LogP contribution is 2.29. The van der Waals surface area contributed by atoms with Crippen LogP contribution in [-0.4, -0.2) is 12.9 Å². The number of rotatable bonds is 5. The van der Waals surface area contributed by atoms with Crippen LogP contribution in [0.25, 0.3) is 0 Å². The molecule has 0 aliphatic carbocycles. The Morgan fingerprint density at radius 1 is 1.10 bits per heavy atom. The normalized spacial score (nSPS) is 10.2. The van der Waals surface area contributed by atoms with Gasteiger partial charge in [-0.1, -0.05) is 24.3 Å². The molecule has 0 amide bonds. The Balaban J connectivity index is 2.26. The predicted octanol–water partition coefficient (Wildman–Crippen LogP) is 3.62. The molecule has 2 rings (SSSR count). The molecule has 0 N–H and O–H groups in total. The van der Waals surface area contributed by atoms with Crippen LogP contribution in [0.5, 0.6) is 11.5 Å². The molecule has 0 aliphatic heterocycles. The number of Topliss-reactive ketones (excluding diaryl/α,β-unsaturated/α-hetero) is 1. The summed E-state index contributed by atoms with van der Waals surface area (Å²) in [5.74, 6) is 0.342. The van der Waals surface area contributed by atoms with E-state index in [4.69, 9.17) is 9.47 Å². The van der Waals surface area contributed by atoms with Gasteiger partial charge in [0.1, 0.15) is 29.5 Å². The molecular formula is C16H15FO3. The summed E-state index contributed by atoms with van der Waals surface area (Å²) in [5, 5.41) is 0. The van der Waals surface area contributed by atoms with Crippen LogP contribution in [0.1, 0.15) is 22.8 Å². The van der Waals surface area contributed by atoms with E-state index in [1.165, 1.54) is 20.1 Å². The maximum absolute atomic E-state index is 13.5. The summed E-state index contributed by atoms with van der Waals surface area (Å²) >= 11 is 0. The van der Waals surface area contributed by atoms with Gasteiger partial charge in [0.05, 0.1) is 7.11 Å². The van der Waals surface area contributed by atoms with Gasteiger partial charge in [-0.2, -0.15) is 0 Å². The molecule has 0 spiro atoms. The average molecular weight is 274 g/mol. The van der Waals surface area contributed by atoms with Crippen molar-refractivity contribution in [3.8, 4) is 11.5 Å². The van der Waals surface area contributed by atoms with E-state index in [1.54, 1.807) is 36.4 Å². The van der Waals surface area contributed by atoms with Crippen molar-refractivity contribution in [2.24, 2.45) is 0 Å². The topological polar surface area (TPSA) is 35.5 Å². The van der Waals surface area contributed by atoms with Crippen LogP contribution >= 0.6 is 0 Å². The average Bonchev–Trinajstić information content (AvgIpc) is 2.45. The van der Waals surface area contributed by atoms with E-state index >= 15 is 0 Å². The van der Waals surface area contributed by atoms with Crippen molar-refractivity contribution in [1.82, 2.24) is 0 Å². The van der Waals surface area contributed by atoms with Gasteiger partial charge in [-0.15, -0.1) is 0 Å². The molecule has 4 heteroatoms. The Morgan fingerprint density at radius 3 is 2.45 bits per heavy atom. The number of ketones is 1. The minimum absolute atomic E-state index is 0.0557. The van der Waals surface area contributed by atoms with E-state index < -0.39 is 0 Å². The van der Waals surface area contributed by atoms with E-state index in [9.17, 15) is 9.18 Å². The van der Waals surface area contributed by atoms with Gasteiger partial charge >= 0.3 is 0 Å². The maximum Gasteiger partial charge on any atom is 0.167 e. The largest absolute Gasteiger partial charge is 0.496 e.